The number of nitrogens with one attached hydrogen (secondary N) is 1. The molecule has 0 bridgehead atoms. The van der Waals surface area contributed by atoms with Crippen LogP contribution in [0.4, 0.5) is 0 Å². The van der Waals surface area contributed by atoms with Gasteiger partial charge in [-0.25, -0.2) is 0 Å². The monoisotopic (exact) mass is 382 g/mol. The standard InChI is InChI=1S/C22H26N2O4/c1-15(25)24-13-18(23-12-19(24)9-16-6-4-3-5-7-16)8-17-10-20(26-2)22-21(11-17)27-14-28-22/h3-7,10-11,18-19,23H,8-9,12-14H2,1-2H3. The quantitative estimate of drug-likeness (QED) is 0.861. The van der Waals surface area contributed by atoms with Gasteiger partial charge in [0.15, 0.2) is 11.5 Å². The molecule has 28 heavy (non-hydrogen) atoms. The molecule has 0 aromatic heterocycles. The molecule has 1 fully saturated rings. The molecule has 0 spiro atoms. The molecule has 0 radical (unpaired) electrons. The largest absolute Gasteiger partial charge is 0.493 e. The Labute approximate surface area is 165 Å². The van der Waals surface area contributed by atoms with Gasteiger partial charge in [-0.1, -0.05) is 30.3 Å². The van der Waals surface area contributed by atoms with Gasteiger partial charge in [0.2, 0.25) is 18.4 Å². The maximum atomic E-state index is 12.3. The van der Waals surface area contributed by atoms with Crippen molar-refractivity contribution in [2.75, 3.05) is 27.0 Å². The fourth-order valence-corrected chi connectivity index (χ4v) is 4.04. The minimum Gasteiger partial charge on any atom is -0.493 e. The maximum absolute atomic E-state index is 12.3. The maximum Gasteiger partial charge on any atom is 0.231 e. The van der Waals surface area contributed by atoms with E-state index in [9.17, 15) is 4.79 Å². The lowest BCUT2D eigenvalue weighted by Crippen LogP contribution is -2.59. The summed E-state index contributed by atoms with van der Waals surface area (Å²) in [6.45, 7) is 3.34. The third-order valence-electron chi connectivity index (χ3n) is 5.42. The second kappa shape index (κ2) is 8.10. The van der Waals surface area contributed by atoms with Crippen molar-refractivity contribution in [3.8, 4) is 17.2 Å². The van der Waals surface area contributed by atoms with Crippen molar-refractivity contribution in [2.24, 2.45) is 0 Å². The van der Waals surface area contributed by atoms with Crippen LogP contribution in [0.5, 0.6) is 17.2 Å². The number of nitrogens with zero attached hydrogens (tertiary/aromatic N) is 1. The number of benzene rings is 2. The van der Waals surface area contributed by atoms with E-state index in [1.807, 2.05) is 35.2 Å². The molecule has 2 heterocycles. The van der Waals surface area contributed by atoms with Crippen LogP contribution in [0, 0.1) is 0 Å². The van der Waals surface area contributed by atoms with Crippen molar-refractivity contribution in [1.82, 2.24) is 10.2 Å². The zero-order valence-corrected chi connectivity index (χ0v) is 16.3. The number of hydrogen-bond donors (Lipinski definition) is 1. The molecule has 4 rings (SSSR count). The Morgan fingerprint density at radius 1 is 1.18 bits per heavy atom. The lowest BCUT2D eigenvalue weighted by molar-refractivity contribution is -0.132. The molecular weight excluding hydrogens is 356 g/mol. The number of hydrogen-bond acceptors (Lipinski definition) is 5. The van der Waals surface area contributed by atoms with Gasteiger partial charge in [0.05, 0.1) is 7.11 Å². The molecule has 1 N–H and O–H groups in total. The van der Waals surface area contributed by atoms with Crippen LogP contribution in [0.2, 0.25) is 0 Å². The van der Waals surface area contributed by atoms with Crippen molar-refractivity contribution in [1.29, 1.82) is 0 Å². The third-order valence-corrected chi connectivity index (χ3v) is 5.42. The molecule has 2 atom stereocenters. The number of methoxy groups -OCH3 is 1. The van der Waals surface area contributed by atoms with Gasteiger partial charge in [-0.15, -0.1) is 0 Å². The molecule has 2 aromatic carbocycles. The van der Waals surface area contributed by atoms with Gasteiger partial charge in [-0.2, -0.15) is 0 Å². The first kappa shape index (κ1) is 18.6. The van der Waals surface area contributed by atoms with E-state index >= 15 is 0 Å². The molecule has 6 heteroatoms. The van der Waals surface area contributed by atoms with Crippen LogP contribution in [0.15, 0.2) is 42.5 Å². The molecule has 2 unspecified atom stereocenters. The summed E-state index contributed by atoms with van der Waals surface area (Å²) in [6.07, 6.45) is 1.65. The first-order chi connectivity index (χ1) is 13.6. The van der Waals surface area contributed by atoms with Crippen LogP contribution >= 0.6 is 0 Å². The van der Waals surface area contributed by atoms with Crippen molar-refractivity contribution in [3.63, 3.8) is 0 Å². The number of amides is 1. The predicted molar refractivity (Wildman–Crippen MR) is 106 cm³/mol. The third kappa shape index (κ3) is 3.92. The minimum absolute atomic E-state index is 0.121. The fraction of sp³-hybridized carbons (Fsp3) is 0.409. The highest BCUT2D eigenvalue weighted by atomic mass is 16.7. The zero-order chi connectivity index (χ0) is 19.5. The average molecular weight is 382 g/mol. The van der Waals surface area contributed by atoms with Gasteiger partial charge in [0.1, 0.15) is 0 Å². The average Bonchev–Trinajstić information content (AvgIpc) is 3.18. The number of ether oxygens (including phenoxy) is 3. The summed E-state index contributed by atoms with van der Waals surface area (Å²) in [5.41, 5.74) is 2.35. The van der Waals surface area contributed by atoms with Crippen molar-refractivity contribution < 1.29 is 19.0 Å². The Morgan fingerprint density at radius 2 is 2.00 bits per heavy atom. The molecule has 6 nitrogen and oxygen atoms in total. The number of rotatable bonds is 5. The van der Waals surface area contributed by atoms with E-state index in [4.69, 9.17) is 14.2 Å². The van der Waals surface area contributed by atoms with Crippen LogP contribution in [0.1, 0.15) is 18.1 Å². The van der Waals surface area contributed by atoms with Gasteiger partial charge in [-0.05, 0) is 36.1 Å². The Morgan fingerprint density at radius 3 is 2.75 bits per heavy atom. The SMILES string of the molecule is COc1cc(CC2CN(C(C)=O)C(Cc3ccccc3)CN2)cc2c1OCO2. The van der Waals surface area contributed by atoms with Crippen LogP contribution in [0.3, 0.4) is 0 Å². The summed E-state index contributed by atoms with van der Waals surface area (Å²) in [6, 6.07) is 14.7. The fourth-order valence-electron chi connectivity index (χ4n) is 4.04. The predicted octanol–water partition coefficient (Wildman–Crippen LogP) is 2.40. The van der Waals surface area contributed by atoms with E-state index in [1.54, 1.807) is 14.0 Å². The van der Waals surface area contributed by atoms with E-state index in [-0.39, 0.29) is 24.8 Å². The molecule has 0 aliphatic carbocycles. The molecule has 1 saturated heterocycles. The lowest BCUT2D eigenvalue weighted by Gasteiger charge is -2.40. The van der Waals surface area contributed by atoms with E-state index in [1.165, 1.54) is 5.56 Å². The number of carbonyl (C=O) groups excluding carboxylic acids is 1. The lowest BCUT2D eigenvalue weighted by atomic mass is 9.97. The molecule has 2 aliphatic rings. The second-order valence-electron chi connectivity index (χ2n) is 7.36. The Bertz CT molecular complexity index is 840. The van der Waals surface area contributed by atoms with E-state index in [0.29, 0.717) is 18.0 Å². The Balaban J connectivity index is 1.45. The summed E-state index contributed by atoms with van der Waals surface area (Å²) in [5, 5.41) is 3.62. The second-order valence-corrected chi connectivity index (χ2v) is 7.36. The summed E-state index contributed by atoms with van der Waals surface area (Å²) < 4.78 is 16.4. The minimum atomic E-state index is 0.121. The van der Waals surface area contributed by atoms with Gasteiger partial charge in [0.25, 0.3) is 0 Å². The zero-order valence-electron chi connectivity index (χ0n) is 16.3. The van der Waals surface area contributed by atoms with E-state index in [0.717, 1.165) is 30.7 Å². The molecule has 2 aromatic rings. The number of carbonyl (C=O) groups is 1. The Hall–Kier alpha value is -2.73. The van der Waals surface area contributed by atoms with Crippen molar-refractivity contribution in [3.05, 3.63) is 53.6 Å². The topological polar surface area (TPSA) is 60.0 Å². The molecular formula is C22H26N2O4. The normalized spacial score (nSPS) is 20.9. The molecule has 148 valence electrons. The van der Waals surface area contributed by atoms with Crippen LogP contribution in [0.25, 0.3) is 0 Å². The first-order valence-electron chi connectivity index (χ1n) is 9.65. The first-order valence-corrected chi connectivity index (χ1v) is 9.65. The van der Waals surface area contributed by atoms with Crippen molar-refractivity contribution >= 4 is 5.91 Å². The van der Waals surface area contributed by atoms with Gasteiger partial charge >= 0.3 is 0 Å². The smallest absolute Gasteiger partial charge is 0.231 e. The highest BCUT2D eigenvalue weighted by molar-refractivity contribution is 5.74. The van der Waals surface area contributed by atoms with E-state index in [2.05, 4.69) is 17.4 Å². The molecule has 2 aliphatic heterocycles. The highest BCUT2D eigenvalue weighted by Crippen LogP contribution is 2.42. The van der Waals surface area contributed by atoms with Gasteiger partial charge in [0, 0.05) is 32.1 Å². The van der Waals surface area contributed by atoms with Gasteiger partial charge in [-0.3, -0.25) is 4.79 Å². The van der Waals surface area contributed by atoms with Crippen molar-refractivity contribution in [2.45, 2.75) is 31.8 Å². The van der Waals surface area contributed by atoms with Gasteiger partial charge < -0.3 is 24.4 Å². The number of piperazine rings is 1. The highest BCUT2D eigenvalue weighted by Gasteiger charge is 2.30. The summed E-state index contributed by atoms with van der Waals surface area (Å²) >= 11 is 0. The van der Waals surface area contributed by atoms with Crippen LogP contribution < -0.4 is 19.5 Å². The summed E-state index contributed by atoms with van der Waals surface area (Å²) in [7, 11) is 1.63. The van der Waals surface area contributed by atoms with E-state index < -0.39 is 0 Å². The molecule has 1 amide bonds. The summed E-state index contributed by atoms with van der Waals surface area (Å²) in [4.78, 5) is 14.3. The van der Waals surface area contributed by atoms with Crippen LogP contribution in [-0.4, -0.2) is 49.9 Å². The molecule has 0 saturated carbocycles. The Kier molecular flexibility index (Phi) is 5.39. The summed E-state index contributed by atoms with van der Waals surface area (Å²) in [5.74, 6) is 2.19. The number of fused-ring (bicyclic) bond motifs is 1. The van der Waals surface area contributed by atoms with Crippen LogP contribution in [-0.2, 0) is 17.6 Å².